The van der Waals surface area contributed by atoms with Crippen LogP contribution in [0.15, 0.2) is 6.07 Å². The Balaban J connectivity index is 3.08. The summed E-state index contributed by atoms with van der Waals surface area (Å²) < 4.78 is 23.8. The van der Waals surface area contributed by atoms with Gasteiger partial charge in [0.25, 0.3) is 0 Å². The molecular weight excluding hydrogens is 202 g/mol. The molecule has 0 atom stereocenters. The van der Waals surface area contributed by atoms with E-state index in [0.29, 0.717) is 5.69 Å². The maximum absolute atomic E-state index is 11.9. The molecule has 0 radical (unpaired) electrons. The number of carbonyl (C=O) groups excluding carboxylic acids is 1. The van der Waals surface area contributed by atoms with Crippen molar-refractivity contribution in [1.29, 1.82) is 0 Å². The summed E-state index contributed by atoms with van der Waals surface area (Å²) in [6.07, 6.45) is -3.06. The number of aryl methyl sites for hydroxylation is 1. The molecule has 0 N–H and O–H groups in total. The molecule has 0 aliphatic heterocycles. The van der Waals surface area contributed by atoms with Gasteiger partial charge in [-0.2, -0.15) is 0 Å². The molecule has 0 bridgehead atoms. The summed E-state index contributed by atoms with van der Waals surface area (Å²) in [5.74, 6) is -1.34. The Hall–Kier alpha value is -1.10. The Morgan fingerprint density at radius 1 is 1.54 bits per heavy atom. The van der Waals surface area contributed by atoms with Gasteiger partial charge < -0.3 is 0 Å². The Morgan fingerprint density at radius 2 is 2.15 bits per heavy atom. The average molecular weight is 207 g/mol. The summed E-state index contributed by atoms with van der Waals surface area (Å²) in [4.78, 5) is 17.8. The molecule has 1 rings (SSSR count). The van der Waals surface area contributed by atoms with E-state index < -0.39 is 12.2 Å². The summed E-state index contributed by atoms with van der Waals surface area (Å²) in [6, 6.07) is 1.17. The number of nitrogens with zero attached hydrogens (tertiary/aromatic N) is 2. The van der Waals surface area contributed by atoms with Gasteiger partial charge in [0.2, 0.25) is 11.1 Å². The van der Waals surface area contributed by atoms with E-state index >= 15 is 0 Å². The van der Waals surface area contributed by atoms with E-state index in [2.05, 4.69) is 9.97 Å². The molecule has 0 aliphatic rings. The van der Waals surface area contributed by atoms with Crippen LogP contribution in [0.1, 0.15) is 16.2 Å². The van der Waals surface area contributed by atoms with Crippen molar-refractivity contribution < 1.29 is 13.6 Å². The van der Waals surface area contributed by atoms with Crippen LogP contribution < -0.4 is 0 Å². The van der Waals surface area contributed by atoms with Crippen molar-refractivity contribution in [3.05, 3.63) is 22.7 Å². The lowest BCUT2D eigenvalue weighted by molar-refractivity contribution is 0.0673. The number of rotatable bonds is 2. The summed E-state index contributed by atoms with van der Waals surface area (Å²) in [5.41, 5.74) is 0.0245. The van der Waals surface area contributed by atoms with Crippen LogP contribution in [0.3, 0.4) is 0 Å². The van der Waals surface area contributed by atoms with Gasteiger partial charge in [-0.3, -0.25) is 4.79 Å². The first-order valence-corrected chi connectivity index (χ1v) is 3.72. The molecule has 1 aromatic heterocycles. The summed E-state index contributed by atoms with van der Waals surface area (Å²) >= 11 is 5.38. The predicted octanol–water partition coefficient (Wildman–Crippen LogP) is 1.89. The number of aromatic nitrogens is 2. The van der Waals surface area contributed by atoms with Gasteiger partial charge in [-0.25, -0.2) is 18.7 Å². The van der Waals surface area contributed by atoms with Gasteiger partial charge in [-0.1, -0.05) is 0 Å². The number of alkyl halides is 2. The number of ketones is 1. The smallest absolute Gasteiger partial charge is 0.286 e. The zero-order valence-corrected chi connectivity index (χ0v) is 7.35. The molecule has 0 unspecified atom stereocenters. The molecule has 1 heterocycles. The van der Waals surface area contributed by atoms with Crippen molar-refractivity contribution in [1.82, 2.24) is 9.97 Å². The third kappa shape index (κ3) is 2.42. The molecule has 70 valence electrons. The first-order valence-electron chi connectivity index (χ1n) is 3.34. The molecule has 1 aromatic rings. The largest absolute Gasteiger partial charge is 0.302 e. The highest BCUT2D eigenvalue weighted by Gasteiger charge is 2.19. The van der Waals surface area contributed by atoms with Gasteiger partial charge in [0.15, 0.2) is 0 Å². The lowest BCUT2D eigenvalue weighted by atomic mass is 10.2. The van der Waals surface area contributed by atoms with Crippen LogP contribution in [0.25, 0.3) is 0 Å². The molecule has 13 heavy (non-hydrogen) atoms. The molecule has 0 spiro atoms. The third-order valence-electron chi connectivity index (χ3n) is 1.28. The predicted molar refractivity (Wildman–Crippen MR) is 42.1 cm³/mol. The Bertz CT molecular complexity index is 323. The van der Waals surface area contributed by atoms with E-state index in [1.54, 1.807) is 0 Å². The van der Waals surface area contributed by atoms with Crippen molar-refractivity contribution in [2.75, 3.05) is 0 Å². The van der Waals surface area contributed by atoms with Gasteiger partial charge >= 0.3 is 6.43 Å². The molecule has 0 aromatic carbocycles. The first-order chi connectivity index (χ1) is 6.00. The molecule has 0 amide bonds. The van der Waals surface area contributed by atoms with Crippen LogP contribution in [0, 0.1) is 6.92 Å². The maximum Gasteiger partial charge on any atom is 0.302 e. The van der Waals surface area contributed by atoms with E-state index in [9.17, 15) is 13.6 Å². The van der Waals surface area contributed by atoms with E-state index in [4.69, 9.17) is 11.6 Å². The molecule has 0 aliphatic carbocycles. The number of hydrogen-bond donors (Lipinski definition) is 0. The highest BCUT2D eigenvalue weighted by atomic mass is 35.5. The molecule has 0 saturated carbocycles. The van der Waals surface area contributed by atoms with Gasteiger partial charge in [0, 0.05) is 5.69 Å². The van der Waals surface area contributed by atoms with Crippen molar-refractivity contribution in [2.24, 2.45) is 0 Å². The minimum atomic E-state index is -3.06. The molecular formula is C7H5ClF2N2O. The quantitative estimate of drug-likeness (QED) is 0.548. The van der Waals surface area contributed by atoms with Gasteiger partial charge in [0.05, 0.1) is 0 Å². The van der Waals surface area contributed by atoms with Gasteiger partial charge in [0.1, 0.15) is 5.69 Å². The Morgan fingerprint density at radius 3 is 2.62 bits per heavy atom. The van der Waals surface area contributed by atoms with E-state index in [0.717, 1.165) is 0 Å². The fraction of sp³-hybridized carbons (Fsp3) is 0.286. The van der Waals surface area contributed by atoms with Crippen LogP contribution in [0.4, 0.5) is 8.78 Å². The van der Waals surface area contributed by atoms with E-state index in [-0.39, 0.29) is 11.0 Å². The van der Waals surface area contributed by atoms with E-state index in [1.807, 2.05) is 0 Å². The Kier molecular flexibility index (Phi) is 2.87. The fourth-order valence-electron chi connectivity index (χ4n) is 0.770. The van der Waals surface area contributed by atoms with Crippen LogP contribution in [0.5, 0.6) is 0 Å². The van der Waals surface area contributed by atoms with Crippen LogP contribution in [0.2, 0.25) is 5.28 Å². The highest BCUT2D eigenvalue weighted by Crippen LogP contribution is 2.09. The van der Waals surface area contributed by atoms with Crippen molar-refractivity contribution in [3.8, 4) is 0 Å². The molecule has 3 nitrogen and oxygen atoms in total. The van der Waals surface area contributed by atoms with Crippen LogP contribution >= 0.6 is 11.6 Å². The second-order valence-electron chi connectivity index (χ2n) is 2.33. The standard InChI is InChI=1S/C7H5ClF2N2O/c1-3-2-4(5(13)6(9)10)12-7(8)11-3/h2,6H,1H3. The summed E-state index contributed by atoms with van der Waals surface area (Å²) in [5, 5.41) is -0.205. The number of carbonyl (C=O) groups is 1. The van der Waals surface area contributed by atoms with E-state index in [1.165, 1.54) is 13.0 Å². The summed E-state index contributed by atoms with van der Waals surface area (Å²) in [7, 11) is 0. The molecule has 0 fully saturated rings. The van der Waals surface area contributed by atoms with Crippen molar-refractivity contribution >= 4 is 17.4 Å². The lowest BCUT2D eigenvalue weighted by Gasteiger charge is -1.99. The first kappa shape index (κ1) is 9.98. The van der Waals surface area contributed by atoms with Crippen molar-refractivity contribution in [2.45, 2.75) is 13.3 Å². The zero-order chi connectivity index (χ0) is 10.0. The third-order valence-corrected chi connectivity index (χ3v) is 1.45. The fourth-order valence-corrected chi connectivity index (χ4v) is 0.995. The molecule has 6 heteroatoms. The minimum Gasteiger partial charge on any atom is -0.286 e. The van der Waals surface area contributed by atoms with Crippen molar-refractivity contribution in [3.63, 3.8) is 0 Å². The lowest BCUT2D eigenvalue weighted by Crippen LogP contribution is -2.13. The minimum absolute atomic E-state index is 0.205. The monoisotopic (exact) mass is 206 g/mol. The SMILES string of the molecule is Cc1cc(C(=O)C(F)F)nc(Cl)n1. The normalized spacial score (nSPS) is 10.5. The van der Waals surface area contributed by atoms with Gasteiger partial charge in [-0.05, 0) is 24.6 Å². The zero-order valence-electron chi connectivity index (χ0n) is 6.59. The van der Waals surface area contributed by atoms with Crippen LogP contribution in [-0.4, -0.2) is 22.2 Å². The average Bonchev–Trinajstić information content (AvgIpc) is 2.01. The Labute approximate surface area is 77.8 Å². The molecule has 0 saturated heterocycles. The number of hydrogen-bond acceptors (Lipinski definition) is 3. The second-order valence-corrected chi connectivity index (χ2v) is 2.67. The van der Waals surface area contributed by atoms with Gasteiger partial charge in [-0.15, -0.1) is 0 Å². The number of halogens is 3. The second kappa shape index (κ2) is 3.74. The maximum atomic E-state index is 11.9. The van der Waals surface area contributed by atoms with Crippen LogP contribution in [-0.2, 0) is 0 Å². The number of Topliss-reactive ketones (excluding diaryl/α,β-unsaturated/α-hetero) is 1. The summed E-state index contributed by atoms with van der Waals surface area (Å²) in [6.45, 7) is 1.54. The topological polar surface area (TPSA) is 42.9 Å². The highest BCUT2D eigenvalue weighted by molar-refractivity contribution is 6.28.